The summed E-state index contributed by atoms with van der Waals surface area (Å²) in [5, 5.41) is 3.68. The van der Waals surface area contributed by atoms with Gasteiger partial charge in [-0.1, -0.05) is 34.6 Å². The van der Waals surface area contributed by atoms with Crippen molar-refractivity contribution in [3.63, 3.8) is 0 Å². The van der Waals surface area contributed by atoms with Crippen LogP contribution in [0, 0.1) is 11.3 Å². The summed E-state index contributed by atoms with van der Waals surface area (Å²) < 4.78 is 5.83. The third-order valence-electron chi connectivity index (χ3n) is 3.85. The molecular formula is C15H31NO. The zero-order valence-electron chi connectivity index (χ0n) is 12.4. The second-order valence-corrected chi connectivity index (χ2v) is 6.53. The second kappa shape index (κ2) is 6.75. The van der Waals surface area contributed by atoms with Gasteiger partial charge in [-0.15, -0.1) is 0 Å². The average Bonchev–Trinajstić information content (AvgIpc) is 2.70. The Morgan fingerprint density at radius 2 is 2.00 bits per heavy atom. The molecule has 1 rings (SSSR count). The minimum atomic E-state index is 0.439. The largest absolute Gasteiger partial charge is 0.378 e. The van der Waals surface area contributed by atoms with Crippen LogP contribution in [-0.2, 0) is 4.74 Å². The van der Waals surface area contributed by atoms with Crippen molar-refractivity contribution in [2.75, 3.05) is 13.2 Å². The number of ether oxygens (including phenoxy) is 1. The fraction of sp³-hybridized carbons (Fsp3) is 1.00. The highest BCUT2D eigenvalue weighted by molar-refractivity contribution is 4.86. The molecule has 0 bridgehead atoms. The van der Waals surface area contributed by atoms with E-state index >= 15 is 0 Å². The topological polar surface area (TPSA) is 21.3 Å². The van der Waals surface area contributed by atoms with E-state index in [1.54, 1.807) is 0 Å². The molecule has 2 nitrogen and oxygen atoms in total. The van der Waals surface area contributed by atoms with Crippen molar-refractivity contribution in [2.24, 2.45) is 11.3 Å². The third-order valence-corrected chi connectivity index (χ3v) is 3.85. The average molecular weight is 241 g/mol. The summed E-state index contributed by atoms with van der Waals surface area (Å²) in [4.78, 5) is 0. The van der Waals surface area contributed by atoms with Crippen molar-refractivity contribution in [3.8, 4) is 0 Å². The number of hydrogen-bond acceptors (Lipinski definition) is 2. The SMILES string of the molecule is CCNC(CCC(C)(C)C)C1CCOC1CC. The van der Waals surface area contributed by atoms with Crippen LogP contribution in [0.4, 0.5) is 0 Å². The molecule has 0 radical (unpaired) electrons. The molecule has 0 aromatic heterocycles. The molecule has 1 aliphatic heterocycles. The first-order valence-electron chi connectivity index (χ1n) is 7.33. The Hall–Kier alpha value is -0.0800. The smallest absolute Gasteiger partial charge is 0.0616 e. The standard InChI is InChI=1S/C15H31NO/c1-6-14-12(9-11-17-14)13(16-7-2)8-10-15(3,4)5/h12-14,16H,6-11H2,1-5H3. The van der Waals surface area contributed by atoms with Gasteiger partial charge in [-0.3, -0.25) is 0 Å². The Bertz CT molecular complexity index is 209. The molecule has 1 aliphatic rings. The van der Waals surface area contributed by atoms with E-state index in [9.17, 15) is 0 Å². The first-order valence-corrected chi connectivity index (χ1v) is 7.33. The van der Waals surface area contributed by atoms with E-state index in [4.69, 9.17) is 4.74 Å². The van der Waals surface area contributed by atoms with Crippen molar-refractivity contribution < 1.29 is 4.74 Å². The molecule has 3 unspecified atom stereocenters. The lowest BCUT2D eigenvalue weighted by atomic mass is 9.82. The summed E-state index contributed by atoms with van der Waals surface area (Å²) >= 11 is 0. The van der Waals surface area contributed by atoms with Crippen molar-refractivity contribution in [2.45, 2.75) is 72.4 Å². The first-order chi connectivity index (χ1) is 7.98. The van der Waals surface area contributed by atoms with Crippen molar-refractivity contribution >= 4 is 0 Å². The highest BCUT2D eigenvalue weighted by Crippen LogP contribution is 2.31. The molecule has 0 amide bonds. The van der Waals surface area contributed by atoms with Gasteiger partial charge in [0.2, 0.25) is 0 Å². The van der Waals surface area contributed by atoms with Gasteiger partial charge in [-0.05, 0) is 37.6 Å². The quantitative estimate of drug-likeness (QED) is 0.767. The van der Waals surface area contributed by atoms with Gasteiger partial charge < -0.3 is 10.1 Å². The minimum Gasteiger partial charge on any atom is -0.378 e. The molecule has 0 saturated carbocycles. The monoisotopic (exact) mass is 241 g/mol. The van der Waals surface area contributed by atoms with Gasteiger partial charge in [0.1, 0.15) is 0 Å². The Morgan fingerprint density at radius 3 is 2.53 bits per heavy atom. The van der Waals surface area contributed by atoms with Gasteiger partial charge in [-0.25, -0.2) is 0 Å². The van der Waals surface area contributed by atoms with Crippen molar-refractivity contribution in [1.82, 2.24) is 5.32 Å². The maximum atomic E-state index is 5.83. The van der Waals surface area contributed by atoms with Crippen LogP contribution in [-0.4, -0.2) is 25.3 Å². The number of rotatable bonds is 6. The number of hydrogen-bond donors (Lipinski definition) is 1. The van der Waals surface area contributed by atoms with E-state index < -0.39 is 0 Å². The minimum absolute atomic E-state index is 0.439. The lowest BCUT2D eigenvalue weighted by Crippen LogP contribution is -2.40. The summed E-state index contributed by atoms with van der Waals surface area (Å²) in [7, 11) is 0. The second-order valence-electron chi connectivity index (χ2n) is 6.53. The Morgan fingerprint density at radius 1 is 1.29 bits per heavy atom. The zero-order chi connectivity index (χ0) is 12.9. The van der Waals surface area contributed by atoms with Crippen LogP contribution < -0.4 is 5.32 Å². The Balaban J connectivity index is 2.52. The van der Waals surface area contributed by atoms with Crippen molar-refractivity contribution in [3.05, 3.63) is 0 Å². The summed E-state index contributed by atoms with van der Waals surface area (Å²) in [6.45, 7) is 13.5. The normalized spacial score (nSPS) is 27.4. The Kier molecular flexibility index (Phi) is 5.94. The first kappa shape index (κ1) is 15.0. The summed E-state index contributed by atoms with van der Waals surface area (Å²) in [5.74, 6) is 0.724. The highest BCUT2D eigenvalue weighted by atomic mass is 16.5. The molecule has 1 saturated heterocycles. The molecule has 1 fully saturated rings. The summed E-state index contributed by atoms with van der Waals surface area (Å²) in [5.41, 5.74) is 0.439. The van der Waals surface area contributed by atoms with Gasteiger partial charge in [0.05, 0.1) is 6.10 Å². The van der Waals surface area contributed by atoms with E-state index in [-0.39, 0.29) is 0 Å². The zero-order valence-corrected chi connectivity index (χ0v) is 12.4. The fourth-order valence-electron chi connectivity index (χ4n) is 2.86. The fourth-order valence-corrected chi connectivity index (χ4v) is 2.86. The van der Waals surface area contributed by atoms with Gasteiger partial charge >= 0.3 is 0 Å². The van der Waals surface area contributed by atoms with Crippen LogP contribution in [0.2, 0.25) is 0 Å². The van der Waals surface area contributed by atoms with Crippen LogP contribution in [0.15, 0.2) is 0 Å². The van der Waals surface area contributed by atoms with E-state index in [0.717, 1.165) is 25.5 Å². The molecule has 102 valence electrons. The predicted octanol–water partition coefficient (Wildman–Crippen LogP) is 3.61. The Labute approximate surface area is 108 Å². The van der Waals surface area contributed by atoms with E-state index in [1.807, 2.05) is 0 Å². The van der Waals surface area contributed by atoms with Crippen LogP contribution in [0.1, 0.15) is 60.3 Å². The molecule has 3 atom stereocenters. The number of nitrogens with one attached hydrogen (secondary N) is 1. The summed E-state index contributed by atoms with van der Waals surface area (Å²) in [6.07, 6.45) is 5.45. The van der Waals surface area contributed by atoms with Gasteiger partial charge in [0, 0.05) is 18.6 Å². The lowest BCUT2D eigenvalue weighted by molar-refractivity contribution is 0.0751. The van der Waals surface area contributed by atoms with Crippen LogP contribution >= 0.6 is 0 Å². The van der Waals surface area contributed by atoms with E-state index in [0.29, 0.717) is 17.6 Å². The van der Waals surface area contributed by atoms with Crippen LogP contribution in [0.5, 0.6) is 0 Å². The van der Waals surface area contributed by atoms with Gasteiger partial charge in [-0.2, -0.15) is 0 Å². The molecule has 0 spiro atoms. The molecule has 1 heterocycles. The summed E-state index contributed by atoms with van der Waals surface area (Å²) in [6, 6.07) is 0.645. The predicted molar refractivity (Wildman–Crippen MR) is 74.3 cm³/mol. The molecule has 1 N–H and O–H groups in total. The molecule has 17 heavy (non-hydrogen) atoms. The van der Waals surface area contributed by atoms with Crippen molar-refractivity contribution in [1.29, 1.82) is 0 Å². The maximum absolute atomic E-state index is 5.83. The van der Waals surface area contributed by atoms with E-state index in [2.05, 4.69) is 39.9 Å². The maximum Gasteiger partial charge on any atom is 0.0616 e. The molecule has 0 aromatic carbocycles. The van der Waals surface area contributed by atoms with Gasteiger partial charge in [0.15, 0.2) is 0 Å². The lowest BCUT2D eigenvalue weighted by Gasteiger charge is -2.30. The van der Waals surface area contributed by atoms with E-state index in [1.165, 1.54) is 19.3 Å². The van der Waals surface area contributed by atoms with Crippen LogP contribution in [0.3, 0.4) is 0 Å². The highest BCUT2D eigenvalue weighted by Gasteiger charge is 2.33. The van der Waals surface area contributed by atoms with Crippen LogP contribution in [0.25, 0.3) is 0 Å². The molecule has 0 aliphatic carbocycles. The third kappa shape index (κ3) is 4.97. The molecule has 2 heteroatoms. The molecule has 0 aromatic rings. The molecular weight excluding hydrogens is 210 g/mol. The van der Waals surface area contributed by atoms with Gasteiger partial charge in [0.25, 0.3) is 0 Å².